The molecule has 0 aliphatic carbocycles. The van der Waals surface area contributed by atoms with Crippen molar-refractivity contribution in [2.75, 3.05) is 0 Å². The highest BCUT2D eigenvalue weighted by molar-refractivity contribution is 5.80. The first kappa shape index (κ1) is 11.3. The number of nitrogens with zero attached hydrogens (tertiary/aromatic N) is 2. The maximum Gasteiger partial charge on any atom is 0.336 e. The van der Waals surface area contributed by atoms with E-state index in [-0.39, 0.29) is 0 Å². The van der Waals surface area contributed by atoms with Gasteiger partial charge in [0.25, 0.3) is 0 Å². The second-order valence-corrected chi connectivity index (χ2v) is 3.84. The molecule has 1 N–H and O–H groups in total. The van der Waals surface area contributed by atoms with Crippen LogP contribution in [0.15, 0.2) is 42.7 Å². The van der Waals surface area contributed by atoms with Crippen LogP contribution in [0, 0.1) is 5.82 Å². The fourth-order valence-electron chi connectivity index (χ4n) is 1.68. The molecule has 4 nitrogen and oxygen atoms in total. The van der Waals surface area contributed by atoms with Crippen LogP contribution in [0.3, 0.4) is 0 Å². The fraction of sp³-hybridized carbons (Fsp3) is 0.167. The van der Waals surface area contributed by atoms with Crippen molar-refractivity contribution in [3.05, 3.63) is 54.1 Å². The lowest BCUT2D eigenvalue weighted by Gasteiger charge is -2.25. The standard InChI is InChI=1S/C12H11FN2O2/c1-12(11(16)17,15-7-3-6-14-15)9-4-2-5-10(13)8-9/h2-8H,1H3,(H,16,17). The molecule has 0 amide bonds. The van der Waals surface area contributed by atoms with E-state index >= 15 is 0 Å². The van der Waals surface area contributed by atoms with Gasteiger partial charge in [0.15, 0.2) is 5.54 Å². The van der Waals surface area contributed by atoms with Gasteiger partial charge in [-0.3, -0.25) is 4.68 Å². The summed E-state index contributed by atoms with van der Waals surface area (Å²) in [4.78, 5) is 11.4. The maximum atomic E-state index is 13.2. The molecule has 0 aliphatic heterocycles. The van der Waals surface area contributed by atoms with Gasteiger partial charge >= 0.3 is 5.97 Å². The zero-order valence-electron chi connectivity index (χ0n) is 9.17. The summed E-state index contributed by atoms with van der Waals surface area (Å²) in [6.45, 7) is 1.48. The number of halogens is 1. The minimum Gasteiger partial charge on any atom is -0.479 e. The molecule has 1 unspecified atom stereocenters. The van der Waals surface area contributed by atoms with Crippen molar-refractivity contribution in [2.24, 2.45) is 0 Å². The van der Waals surface area contributed by atoms with Gasteiger partial charge in [-0.05, 0) is 30.7 Å². The van der Waals surface area contributed by atoms with Crippen molar-refractivity contribution in [3.63, 3.8) is 0 Å². The molecule has 88 valence electrons. The minimum atomic E-state index is -1.41. The number of aromatic nitrogens is 2. The molecular formula is C12H11FN2O2. The Bertz CT molecular complexity index is 539. The lowest BCUT2D eigenvalue weighted by Crippen LogP contribution is -2.40. The van der Waals surface area contributed by atoms with Crippen LogP contribution in [0.1, 0.15) is 12.5 Å². The van der Waals surface area contributed by atoms with Crippen molar-refractivity contribution >= 4 is 5.97 Å². The minimum absolute atomic E-state index is 0.341. The number of carboxylic acids is 1. The largest absolute Gasteiger partial charge is 0.479 e. The van der Waals surface area contributed by atoms with E-state index in [2.05, 4.69) is 5.10 Å². The van der Waals surface area contributed by atoms with E-state index in [9.17, 15) is 14.3 Å². The summed E-state index contributed by atoms with van der Waals surface area (Å²) >= 11 is 0. The number of carbonyl (C=O) groups is 1. The molecule has 0 radical (unpaired) electrons. The molecule has 17 heavy (non-hydrogen) atoms. The summed E-state index contributed by atoms with van der Waals surface area (Å²) in [5.41, 5.74) is -1.07. The van der Waals surface area contributed by atoms with Gasteiger partial charge in [-0.2, -0.15) is 5.10 Å². The first-order valence-corrected chi connectivity index (χ1v) is 5.04. The second kappa shape index (κ2) is 4.01. The first-order valence-electron chi connectivity index (χ1n) is 5.04. The van der Waals surface area contributed by atoms with E-state index in [0.29, 0.717) is 5.56 Å². The van der Waals surface area contributed by atoms with Gasteiger partial charge in [-0.25, -0.2) is 9.18 Å². The third-order valence-corrected chi connectivity index (χ3v) is 2.77. The van der Waals surface area contributed by atoms with Crippen LogP contribution in [0.2, 0.25) is 0 Å². The van der Waals surface area contributed by atoms with Gasteiger partial charge in [0.1, 0.15) is 5.82 Å². The van der Waals surface area contributed by atoms with Gasteiger partial charge in [0, 0.05) is 12.4 Å². The predicted octanol–water partition coefficient (Wildman–Crippen LogP) is 1.87. The molecule has 2 aromatic rings. The smallest absolute Gasteiger partial charge is 0.336 e. The average Bonchev–Trinajstić information content (AvgIpc) is 2.81. The molecule has 0 spiro atoms. The molecule has 1 atom stereocenters. The molecular weight excluding hydrogens is 223 g/mol. The third-order valence-electron chi connectivity index (χ3n) is 2.77. The predicted molar refractivity (Wildman–Crippen MR) is 59.0 cm³/mol. The summed E-state index contributed by atoms with van der Waals surface area (Å²) in [5.74, 6) is -1.56. The number of hydrogen-bond donors (Lipinski definition) is 1. The van der Waals surface area contributed by atoms with Crippen LogP contribution in [0.25, 0.3) is 0 Å². The Balaban J connectivity index is 2.60. The highest BCUT2D eigenvalue weighted by Crippen LogP contribution is 2.26. The molecule has 0 bridgehead atoms. The molecule has 0 fully saturated rings. The first-order chi connectivity index (χ1) is 8.05. The molecule has 5 heteroatoms. The van der Waals surface area contributed by atoms with Gasteiger partial charge < -0.3 is 5.11 Å². The number of carboxylic acid groups (broad SMARTS) is 1. The van der Waals surface area contributed by atoms with E-state index in [0.717, 1.165) is 0 Å². The summed E-state index contributed by atoms with van der Waals surface area (Å²) < 4.78 is 14.5. The molecule has 0 saturated carbocycles. The number of hydrogen-bond acceptors (Lipinski definition) is 2. The Morgan fingerprint density at radius 3 is 2.76 bits per heavy atom. The zero-order chi connectivity index (χ0) is 12.5. The van der Waals surface area contributed by atoms with Crippen molar-refractivity contribution in [3.8, 4) is 0 Å². The Morgan fingerprint density at radius 1 is 1.47 bits per heavy atom. The van der Waals surface area contributed by atoms with Crippen LogP contribution in [0.5, 0.6) is 0 Å². The molecule has 1 aromatic carbocycles. The Labute approximate surface area is 97.3 Å². The van der Waals surface area contributed by atoms with Crippen molar-refractivity contribution in [1.82, 2.24) is 9.78 Å². The highest BCUT2D eigenvalue weighted by Gasteiger charge is 2.38. The molecule has 0 aliphatic rings. The number of benzene rings is 1. The van der Waals surface area contributed by atoms with E-state index in [1.54, 1.807) is 18.3 Å². The van der Waals surface area contributed by atoms with Gasteiger partial charge in [-0.1, -0.05) is 12.1 Å². The van der Waals surface area contributed by atoms with E-state index < -0.39 is 17.3 Å². The second-order valence-electron chi connectivity index (χ2n) is 3.84. The number of rotatable bonds is 3. The maximum absolute atomic E-state index is 13.2. The molecule has 1 aromatic heterocycles. The van der Waals surface area contributed by atoms with Crippen molar-refractivity contribution in [1.29, 1.82) is 0 Å². The summed E-state index contributed by atoms with van der Waals surface area (Å²) in [6.07, 6.45) is 3.03. The highest BCUT2D eigenvalue weighted by atomic mass is 19.1. The normalized spacial score (nSPS) is 14.2. The topological polar surface area (TPSA) is 55.1 Å². The lowest BCUT2D eigenvalue weighted by atomic mass is 9.92. The quantitative estimate of drug-likeness (QED) is 0.882. The van der Waals surface area contributed by atoms with Crippen molar-refractivity contribution < 1.29 is 14.3 Å². The monoisotopic (exact) mass is 234 g/mol. The fourth-order valence-corrected chi connectivity index (χ4v) is 1.68. The SMILES string of the molecule is CC(C(=O)O)(c1cccc(F)c1)n1cccn1. The molecule has 1 heterocycles. The van der Waals surface area contributed by atoms with Crippen LogP contribution in [0.4, 0.5) is 4.39 Å². The molecule has 0 saturated heterocycles. The van der Waals surface area contributed by atoms with E-state index in [4.69, 9.17) is 0 Å². The van der Waals surface area contributed by atoms with Gasteiger partial charge in [0.05, 0.1) is 0 Å². The Hall–Kier alpha value is -2.17. The molecule has 2 rings (SSSR count). The average molecular weight is 234 g/mol. The van der Waals surface area contributed by atoms with E-state index in [1.165, 1.54) is 36.0 Å². The summed E-state index contributed by atoms with van der Waals surface area (Å²) in [6, 6.07) is 7.15. The Morgan fingerprint density at radius 2 is 2.24 bits per heavy atom. The van der Waals surface area contributed by atoms with Crippen LogP contribution < -0.4 is 0 Å². The van der Waals surface area contributed by atoms with Crippen LogP contribution in [-0.4, -0.2) is 20.9 Å². The van der Waals surface area contributed by atoms with E-state index in [1.807, 2.05) is 0 Å². The Kier molecular flexibility index (Phi) is 2.67. The lowest BCUT2D eigenvalue weighted by molar-refractivity contribution is -0.144. The van der Waals surface area contributed by atoms with Crippen LogP contribution >= 0.6 is 0 Å². The summed E-state index contributed by atoms with van der Waals surface area (Å²) in [7, 11) is 0. The van der Waals surface area contributed by atoms with Crippen LogP contribution in [-0.2, 0) is 10.3 Å². The van der Waals surface area contributed by atoms with Crippen molar-refractivity contribution in [2.45, 2.75) is 12.5 Å². The summed E-state index contributed by atoms with van der Waals surface area (Å²) in [5, 5.41) is 13.3. The third kappa shape index (κ3) is 1.80. The number of aliphatic carboxylic acids is 1. The van der Waals surface area contributed by atoms with Gasteiger partial charge in [0.2, 0.25) is 0 Å². The zero-order valence-corrected chi connectivity index (χ0v) is 9.17. The van der Waals surface area contributed by atoms with Gasteiger partial charge in [-0.15, -0.1) is 0 Å².